The predicted octanol–water partition coefficient (Wildman–Crippen LogP) is 3.02. The van der Waals surface area contributed by atoms with E-state index < -0.39 is 5.79 Å². The molecule has 1 aromatic heterocycles. The molecule has 1 aliphatic carbocycles. The van der Waals surface area contributed by atoms with E-state index in [1.54, 1.807) is 0 Å². The lowest BCUT2D eigenvalue weighted by atomic mass is 10.1. The molecule has 1 saturated carbocycles. The van der Waals surface area contributed by atoms with Crippen molar-refractivity contribution in [3.05, 3.63) is 36.0 Å². The minimum absolute atomic E-state index is 0.135. The van der Waals surface area contributed by atoms with Crippen molar-refractivity contribution in [2.75, 3.05) is 0 Å². The van der Waals surface area contributed by atoms with Gasteiger partial charge in [0, 0.05) is 36.0 Å². The second-order valence-electron chi connectivity index (χ2n) is 5.34. The minimum atomic E-state index is -1.40. The number of rotatable bonds is 5. The van der Waals surface area contributed by atoms with E-state index in [0.29, 0.717) is 25.7 Å². The maximum absolute atomic E-state index is 14.0. The van der Waals surface area contributed by atoms with Crippen molar-refractivity contribution < 1.29 is 9.18 Å². The SMILES string of the molecule is C[C@H](Cc1c[nH]c2ccccc12)N(C=O)C1(F)CC1. The zero-order valence-corrected chi connectivity index (χ0v) is 10.9. The number of benzene rings is 1. The van der Waals surface area contributed by atoms with Gasteiger partial charge in [-0.25, -0.2) is 4.39 Å². The van der Waals surface area contributed by atoms with Gasteiger partial charge in [-0.1, -0.05) is 18.2 Å². The first-order valence-electron chi connectivity index (χ1n) is 6.62. The zero-order valence-electron chi connectivity index (χ0n) is 10.9. The van der Waals surface area contributed by atoms with E-state index in [9.17, 15) is 9.18 Å². The van der Waals surface area contributed by atoms with Crippen molar-refractivity contribution in [1.29, 1.82) is 0 Å². The number of para-hydroxylation sites is 1. The van der Waals surface area contributed by atoms with Crippen LogP contribution < -0.4 is 0 Å². The van der Waals surface area contributed by atoms with Gasteiger partial charge in [0.05, 0.1) is 0 Å². The fraction of sp³-hybridized carbons (Fsp3) is 0.400. The highest BCUT2D eigenvalue weighted by Gasteiger charge is 2.50. The lowest BCUT2D eigenvalue weighted by Gasteiger charge is -2.28. The van der Waals surface area contributed by atoms with Gasteiger partial charge in [0.25, 0.3) is 0 Å². The van der Waals surface area contributed by atoms with Crippen LogP contribution in [0.4, 0.5) is 4.39 Å². The van der Waals surface area contributed by atoms with Crippen LogP contribution in [0.1, 0.15) is 25.3 Å². The number of nitrogens with one attached hydrogen (secondary N) is 1. The standard InChI is InChI=1S/C15H17FN2O/c1-11(18(10-19)15(16)6-7-15)8-12-9-17-14-5-3-2-4-13(12)14/h2-5,9-11,17H,6-8H2,1H3/t11-/m1/s1. The molecule has 0 saturated heterocycles. The topological polar surface area (TPSA) is 36.1 Å². The maximum Gasteiger partial charge on any atom is 0.212 e. The van der Waals surface area contributed by atoms with E-state index in [1.807, 2.05) is 37.4 Å². The average Bonchev–Trinajstić information content (AvgIpc) is 3.01. The minimum Gasteiger partial charge on any atom is -0.361 e. The predicted molar refractivity (Wildman–Crippen MR) is 72.4 cm³/mol. The smallest absolute Gasteiger partial charge is 0.212 e. The van der Waals surface area contributed by atoms with Gasteiger partial charge in [0.1, 0.15) is 0 Å². The summed E-state index contributed by atoms with van der Waals surface area (Å²) in [5.74, 6) is -1.40. The first kappa shape index (κ1) is 12.2. The number of aromatic nitrogens is 1. The molecule has 4 heteroatoms. The van der Waals surface area contributed by atoms with E-state index in [4.69, 9.17) is 0 Å². The Labute approximate surface area is 111 Å². The van der Waals surface area contributed by atoms with Crippen molar-refractivity contribution in [2.45, 2.75) is 38.0 Å². The molecule has 0 unspecified atom stereocenters. The number of aromatic amines is 1. The summed E-state index contributed by atoms with van der Waals surface area (Å²) in [7, 11) is 0. The second kappa shape index (κ2) is 4.37. The molecule has 1 aromatic carbocycles. The van der Waals surface area contributed by atoms with Gasteiger partial charge >= 0.3 is 0 Å². The van der Waals surface area contributed by atoms with Gasteiger partial charge in [0.15, 0.2) is 5.79 Å². The summed E-state index contributed by atoms with van der Waals surface area (Å²) in [4.78, 5) is 15.6. The number of fused-ring (bicyclic) bond motifs is 1. The number of hydrogen-bond acceptors (Lipinski definition) is 1. The molecule has 3 rings (SSSR count). The van der Waals surface area contributed by atoms with E-state index in [1.165, 1.54) is 4.90 Å². The van der Waals surface area contributed by atoms with Crippen molar-refractivity contribution >= 4 is 17.3 Å². The molecule has 0 radical (unpaired) electrons. The number of hydrogen-bond donors (Lipinski definition) is 1. The molecule has 0 aliphatic heterocycles. The number of H-pyrrole nitrogens is 1. The zero-order chi connectivity index (χ0) is 13.5. The number of alkyl halides is 1. The Balaban J connectivity index is 1.82. The highest BCUT2D eigenvalue weighted by atomic mass is 19.1. The molecule has 19 heavy (non-hydrogen) atoms. The third kappa shape index (κ3) is 2.11. The summed E-state index contributed by atoms with van der Waals surface area (Å²) in [6.45, 7) is 1.90. The van der Waals surface area contributed by atoms with Gasteiger partial charge < -0.3 is 9.88 Å². The van der Waals surface area contributed by atoms with E-state index in [0.717, 1.165) is 16.5 Å². The third-order valence-electron chi connectivity index (χ3n) is 3.90. The van der Waals surface area contributed by atoms with E-state index >= 15 is 0 Å². The van der Waals surface area contributed by atoms with Crippen LogP contribution in [0.15, 0.2) is 30.5 Å². The Morgan fingerprint density at radius 1 is 1.47 bits per heavy atom. The van der Waals surface area contributed by atoms with E-state index in [2.05, 4.69) is 4.98 Å². The summed E-state index contributed by atoms with van der Waals surface area (Å²) < 4.78 is 14.0. The number of amides is 1. The highest BCUT2D eigenvalue weighted by Crippen LogP contribution is 2.43. The Hall–Kier alpha value is -1.84. The first-order valence-corrected chi connectivity index (χ1v) is 6.62. The third-order valence-corrected chi connectivity index (χ3v) is 3.90. The van der Waals surface area contributed by atoms with Gasteiger partial charge in [-0.3, -0.25) is 4.79 Å². The van der Waals surface area contributed by atoms with Crippen LogP contribution >= 0.6 is 0 Å². The Bertz CT molecular complexity index is 603. The summed E-state index contributed by atoms with van der Waals surface area (Å²) >= 11 is 0. The molecule has 1 heterocycles. The Morgan fingerprint density at radius 3 is 2.89 bits per heavy atom. The fourth-order valence-corrected chi connectivity index (χ4v) is 2.67. The number of halogens is 1. The summed E-state index contributed by atoms with van der Waals surface area (Å²) in [6, 6.07) is 7.88. The normalized spacial score (nSPS) is 18.2. The Kier molecular flexibility index (Phi) is 2.81. The molecule has 1 atom stereocenters. The molecule has 1 amide bonds. The van der Waals surface area contributed by atoms with Crippen LogP contribution in [0.25, 0.3) is 10.9 Å². The maximum atomic E-state index is 14.0. The molecule has 0 spiro atoms. The number of nitrogens with zero attached hydrogens (tertiary/aromatic N) is 1. The van der Waals surface area contributed by atoms with Crippen LogP contribution in [0.5, 0.6) is 0 Å². The van der Waals surface area contributed by atoms with Crippen molar-refractivity contribution in [1.82, 2.24) is 9.88 Å². The highest BCUT2D eigenvalue weighted by molar-refractivity contribution is 5.83. The monoisotopic (exact) mass is 260 g/mol. The van der Waals surface area contributed by atoms with Crippen LogP contribution in [0.3, 0.4) is 0 Å². The molecule has 1 N–H and O–H groups in total. The lowest BCUT2D eigenvalue weighted by molar-refractivity contribution is -0.128. The summed E-state index contributed by atoms with van der Waals surface area (Å²) in [5.41, 5.74) is 2.20. The Morgan fingerprint density at radius 2 is 2.21 bits per heavy atom. The molecular formula is C15H17FN2O. The van der Waals surface area contributed by atoms with Crippen molar-refractivity contribution in [3.63, 3.8) is 0 Å². The van der Waals surface area contributed by atoms with Crippen LogP contribution in [0.2, 0.25) is 0 Å². The van der Waals surface area contributed by atoms with Crippen LogP contribution in [-0.2, 0) is 11.2 Å². The summed E-state index contributed by atoms with van der Waals surface area (Å²) in [5, 5.41) is 1.14. The van der Waals surface area contributed by atoms with E-state index in [-0.39, 0.29) is 6.04 Å². The summed E-state index contributed by atoms with van der Waals surface area (Å²) in [6.07, 6.45) is 4.18. The molecule has 100 valence electrons. The molecule has 0 bridgehead atoms. The van der Waals surface area contributed by atoms with Gasteiger partial charge in [-0.05, 0) is 25.0 Å². The van der Waals surface area contributed by atoms with Crippen molar-refractivity contribution in [2.24, 2.45) is 0 Å². The average molecular weight is 260 g/mol. The largest absolute Gasteiger partial charge is 0.361 e. The van der Waals surface area contributed by atoms with Gasteiger partial charge in [0.2, 0.25) is 6.41 Å². The van der Waals surface area contributed by atoms with Crippen LogP contribution in [0, 0.1) is 0 Å². The van der Waals surface area contributed by atoms with Gasteiger partial charge in [-0.2, -0.15) is 0 Å². The number of carbonyl (C=O) groups is 1. The lowest BCUT2D eigenvalue weighted by Crippen LogP contribution is -2.41. The molecule has 2 aromatic rings. The van der Waals surface area contributed by atoms with Crippen molar-refractivity contribution in [3.8, 4) is 0 Å². The molecule has 3 nitrogen and oxygen atoms in total. The molecule has 1 aliphatic rings. The quantitative estimate of drug-likeness (QED) is 0.651. The molecule has 1 fully saturated rings. The molecular weight excluding hydrogens is 243 g/mol. The second-order valence-corrected chi connectivity index (χ2v) is 5.34. The van der Waals surface area contributed by atoms with Gasteiger partial charge in [-0.15, -0.1) is 0 Å². The van der Waals surface area contributed by atoms with Crippen LogP contribution in [-0.4, -0.2) is 28.1 Å². The fourth-order valence-electron chi connectivity index (χ4n) is 2.67. The number of carbonyl (C=O) groups excluding carboxylic acids is 1. The first-order chi connectivity index (χ1) is 9.14.